The zero-order valence-electron chi connectivity index (χ0n) is 16.8. The van der Waals surface area contributed by atoms with Gasteiger partial charge in [0.15, 0.2) is 0 Å². The molecule has 0 spiro atoms. The Labute approximate surface area is 175 Å². The molecule has 7 nitrogen and oxygen atoms in total. The lowest BCUT2D eigenvalue weighted by molar-refractivity contribution is -0.126. The van der Waals surface area contributed by atoms with Crippen molar-refractivity contribution in [3.8, 4) is 0 Å². The highest BCUT2D eigenvalue weighted by atomic mass is 16.2. The monoisotopic (exact) mass is 401 g/mol. The van der Waals surface area contributed by atoms with Crippen LogP contribution in [0.1, 0.15) is 32.9 Å². The van der Waals surface area contributed by atoms with Gasteiger partial charge in [-0.15, -0.1) is 0 Å². The maximum atomic E-state index is 12.6. The summed E-state index contributed by atoms with van der Waals surface area (Å²) in [4.78, 5) is 35.2. The number of hydrogen-bond acceptors (Lipinski definition) is 4. The first-order chi connectivity index (χ1) is 14.6. The fraction of sp³-hybridized carbons (Fsp3) is 0.217. The highest BCUT2D eigenvalue weighted by molar-refractivity contribution is 5.92. The number of amides is 2. The fourth-order valence-electron chi connectivity index (χ4n) is 3.40. The van der Waals surface area contributed by atoms with Gasteiger partial charge in [-0.25, -0.2) is 4.98 Å². The molecule has 0 bridgehead atoms. The minimum absolute atomic E-state index is 0.0154. The molecule has 4 rings (SSSR count). The SMILES string of the molecule is Cn1cnc(C(=O)NCc2cnc3c(c2)CN(C(=O)/C=C/c2ccccc2)CC3)c1. The van der Waals surface area contributed by atoms with Crippen LogP contribution in [-0.4, -0.2) is 37.8 Å². The summed E-state index contributed by atoms with van der Waals surface area (Å²) >= 11 is 0. The molecular weight excluding hydrogens is 378 g/mol. The second-order valence-electron chi connectivity index (χ2n) is 7.31. The molecule has 0 fully saturated rings. The zero-order valence-corrected chi connectivity index (χ0v) is 16.8. The van der Waals surface area contributed by atoms with Crippen molar-refractivity contribution in [2.45, 2.75) is 19.5 Å². The zero-order chi connectivity index (χ0) is 20.9. The van der Waals surface area contributed by atoms with Gasteiger partial charge in [0.1, 0.15) is 5.69 Å². The van der Waals surface area contributed by atoms with Gasteiger partial charge >= 0.3 is 0 Å². The predicted molar refractivity (Wildman–Crippen MR) is 113 cm³/mol. The molecule has 152 valence electrons. The molecule has 1 N–H and O–H groups in total. The largest absolute Gasteiger partial charge is 0.347 e. The van der Waals surface area contributed by atoms with Crippen LogP contribution in [0.4, 0.5) is 0 Å². The van der Waals surface area contributed by atoms with E-state index in [0.717, 1.165) is 28.8 Å². The number of aromatic nitrogens is 3. The average molecular weight is 401 g/mol. The Kier molecular flexibility index (Phi) is 5.70. The Bertz CT molecular complexity index is 1090. The molecule has 30 heavy (non-hydrogen) atoms. The van der Waals surface area contributed by atoms with Crippen molar-refractivity contribution in [3.63, 3.8) is 0 Å². The van der Waals surface area contributed by atoms with Crippen molar-refractivity contribution in [1.82, 2.24) is 24.8 Å². The van der Waals surface area contributed by atoms with E-state index in [0.29, 0.717) is 25.3 Å². The van der Waals surface area contributed by atoms with Crippen LogP contribution in [0, 0.1) is 0 Å². The van der Waals surface area contributed by atoms with Crippen molar-refractivity contribution in [3.05, 3.63) is 89.3 Å². The summed E-state index contributed by atoms with van der Waals surface area (Å²) < 4.78 is 1.73. The molecule has 7 heteroatoms. The van der Waals surface area contributed by atoms with Crippen LogP contribution in [0.25, 0.3) is 6.08 Å². The number of pyridine rings is 1. The van der Waals surface area contributed by atoms with Gasteiger partial charge in [-0.3, -0.25) is 14.6 Å². The van der Waals surface area contributed by atoms with Crippen molar-refractivity contribution in [1.29, 1.82) is 0 Å². The smallest absolute Gasteiger partial charge is 0.271 e. The predicted octanol–water partition coefficient (Wildman–Crippen LogP) is 2.34. The molecule has 1 aliphatic rings. The van der Waals surface area contributed by atoms with Gasteiger partial charge in [0.25, 0.3) is 5.91 Å². The van der Waals surface area contributed by atoms with Gasteiger partial charge < -0.3 is 14.8 Å². The van der Waals surface area contributed by atoms with Crippen LogP contribution in [-0.2, 0) is 31.4 Å². The summed E-state index contributed by atoms with van der Waals surface area (Å²) in [6.07, 6.45) is 9.22. The third-order valence-electron chi connectivity index (χ3n) is 5.02. The van der Waals surface area contributed by atoms with Crippen molar-refractivity contribution in [2.24, 2.45) is 7.05 Å². The number of rotatable bonds is 5. The third kappa shape index (κ3) is 4.63. The van der Waals surface area contributed by atoms with E-state index in [1.54, 1.807) is 29.4 Å². The second kappa shape index (κ2) is 8.73. The Balaban J connectivity index is 1.38. The number of fused-ring (bicyclic) bond motifs is 1. The van der Waals surface area contributed by atoms with E-state index in [-0.39, 0.29) is 11.8 Å². The molecule has 1 aromatic carbocycles. The van der Waals surface area contributed by atoms with Gasteiger partial charge in [0.05, 0.1) is 6.33 Å². The molecule has 2 aromatic heterocycles. The number of benzene rings is 1. The molecule has 1 aliphatic heterocycles. The van der Waals surface area contributed by atoms with E-state index in [4.69, 9.17) is 0 Å². The van der Waals surface area contributed by atoms with Crippen LogP contribution in [0.5, 0.6) is 0 Å². The van der Waals surface area contributed by atoms with Crippen LogP contribution in [0.15, 0.2) is 61.2 Å². The van der Waals surface area contributed by atoms with E-state index in [9.17, 15) is 9.59 Å². The molecule has 0 unspecified atom stereocenters. The number of carbonyl (C=O) groups is 2. The van der Waals surface area contributed by atoms with E-state index >= 15 is 0 Å². The molecule has 0 atom stereocenters. The molecule has 0 saturated carbocycles. The number of carbonyl (C=O) groups excluding carboxylic acids is 2. The van der Waals surface area contributed by atoms with Crippen molar-refractivity contribution in [2.75, 3.05) is 6.54 Å². The van der Waals surface area contributed by atoms with Crippen LogP contribution >= 0.6 is 0 Å². The Morgan fingerprint density at radius 1 is 1.20 bits per heavy atom. The topological polar surface area (TPSA) is 80.1 Å². The summed E-state index contributed by atoms with van der Waals surface area (Å²) in [5, 5.41) is 2.86. The first-order valence-corrected chi connectivity index (χ1v) is 9.83. The van der Waals surface area contributed by atoms with Crippen LogP contribution in [0.3, 0.4) is 0 Å². The molecule has 3 heterocycles. The number of nitrogens with one attached hydrogen (secondary N) is 1. The lowest BCUT2D eigenvalue weighted by Gasteiger charge is -2.27. The lowest BCUT2D eigenvalue weighted by Crippen LogP contribution is -2.35. The fourth-order valence-corrected chi connectivity index (χ4v) is 3.40. The molecule has 0 aliphatic carbocycles. The number of aryl methyl sites for hydroxylation is 1. The van der Waals surface area contributed by atoms with E-state index < -0.39 is 0 Å². The minimum Gasteiger partial charge on any atom is -0.347 e. The highest BCUT2D eigenvalue weighted by Gasteiger charge is 2.20. The Morgan fingerprint density at radius 2 is 2.03 bits per heavy atom. The van der Waals surface area contributed by atoms with Crippen molar-refractivity contribution >= 4 is 17.9 Å². The number of hydrogen-bond donors (Lipinski definition) is 1. The van der Waals surface area contributed by atoms with Gasteiger partial charge in [-0.1, -0.05) is 30.3 Å². The summed E-state index contributed by atoms with van der Waals surface area (Å²) in [6.45, 7) is 1.52. The first kappa shape index (κ1) is 19.6. The molecule has 3 aromatic rings. The van der Waals surface area contributed by atoms with E-state index in [2.05, 4.69) is 15.3 Å². The second-order valence-corrected chi connectivity index (χ2v) is 7.31. The number of imidazole rings is 1. The quantitative estimate of drug-likeness (QED) is 0.666. The maximum absolute atomic E-state index is 12.6. The maximum Gasteiger partial charge on any atom is 0.271 e. The van der Waals surface area contributed by atoms with Crippen LogP contribution in [0.2, 0.25) is 0 Å². The molecule has 2 amide bonds. The normalized spacial score (nSPS) is 13.3. The highest BCUT2D eigenvalue weighted by Crippen LogP contribution is 2.19. The van der Waals surface area contributed by atoms with E-state index in [1.165, 1.54) is 0 Å². The Morgan fingerprint density at radius 3 is 2.80 bits per heavy atom. The van der Waals surface area contributed by atoms with Crippen molar-refractivity contribution < 1.29 is 9.59 Å². The Hall–Kier alpha value is -3.74. The molecule has 0 saturated heterocycles. The van der Waals surface area contributed by atoms with E-state index in [1.807, 2.05) is 54.4 Å². The van der Waals surface area contributed by atoms with Crippen LogP contribution < -0.4 is 5.32 Å². The van der Waals surface area contributed by atoms with Gasteiger partial charge in [-0.05, 0) is 28.8 Å². The third-order valence-corrected chi connectivity index (χ3v) is 5.02. The first-order valence-electron chi connectivity index (χ1n) is 9.83. The molecular formula is C23H23N5O2. The lowest BCUT2D eigenvalue weighted by atomic mass is 10.0. The van der Waals surface area contributed by atoms with Gasteiger partial charge in [-0.2, -0.15) is 0 Å². The summed E-state index contributed by atoms with van der Waals surface area (Å²) in [6, 6.07) is 11.8. The summed E-state index contributed by atoms with van der Waals surface area (Å²) in [5.41, 5.74) is 4.30. The average Bonchev–Trinajstić information content (AvgIpc) is 3.22. The molecule has 0 radical (unpaired) electrons. The summed E-state index contributed by atoms with van der Waals surface area (Å²) in [7, 11) is 1.82. The standard InChI is InChI=1S/C23H23N5O2/c1-27-15-21(26-16-27)23(30)25-13-18-11-19-14-28(10-9-20(19)24-12-18)22(29)8-7-17-5-3-2-4-6-17/h2-8,11-12,15-16H,9-10,13-14H2,1H3,(H,25,30)/b8-7+. The minimum atomic E-state index is -0.226. The van der Waals surface area contributed by atoms with Gasteiger partial charge in [0.2, 0.25) is 5.91 Å². The number of nitrogens with zero attached hydrogens (tertiary/aromatic N) is 4. The summed E-state index contributed by atoms with van der Waals surface area (Å²) in [5.74, 6) is -0.241. The van der Waals surface area contributed by atoms with Gasteiger partial charge in [0, 0.05) is 57.3 Å².